The summed E-state index contributed by atoms with van der Waals surface area (Å²) in [5, 5.41) is 18.8. The lowest BCUT2D eigenvalue weighted by atomic mass is 10.3. The molecule has 1 heterocycles. The van der Waals surface area contributed by atoms with E-state index in [9.17, 15) is 15.0 Å². The second-order valence-electron chi connectivity index (χ2n) is 4.30. The van der Waals surface area contributed by atoms with Crippen molar-refractivity contribution in [3.63, 3.8) is 0 Å². The lowest BCUT2D eigenvalue weighted by molar-refractivity contribution is -0.132. The third kappa shape index (κ3) is 3.68. The molecule has 0 bridgehead atoms. The molecule has 2 atom stereocenters. The Morgan fingerprint density at radius 1 is 1.32 bits per heavy atom. The minimum absolute atomic E-state index is 0.125. The number of aliphatic hydroxyl groups excluding tert-OH is 2. The zero-order chi connectivity index (χ0) is 14.0. The van der Waals surface area contributed by atoms with Crippen molar-refractivity contribution in [2.24, 2.45) is 0 Å². The van der Waals surface area contributed by atoms with Gasteiger partial charge < -0.3 is 19.8 Å². The van der Waals surface area contributed by atoms with Crippen LogP contribution in [0.5, 0.6) is 5.75 Å². The molecule has 1 aliphatic heterocycles. The molecule has 1 fully saturated rings. The highest BCUT2D eigenvalue weighted by Gasteiger charge is 2.32. The molecular formula is C12H13Br2NO4. The predicted octanol–water partition coefficient (Wildman–Crippen LogP) is 1.15. The Hall–Kier alpha value is -0.630. The van der Waals surface area contributed by atoms with Crippen LogP contribution < -0.4 is 4.74 Å². The zero-order valence-corrected chi connectivity index (χ0v) is 13.1. The average Bonchev–Trinajstić information content (AvgIpc) is 2.68. The van der Waals surface area contributed by atoms with Gasteiger partial charge in [0.05, 0.1) is 16.7 Å². The van der Waals surface area contributed by atoms with Crippen LogP contribution in [0.25, 0.3) is 0 Å². The van der Waals surface area contributed by atoms with Gasteiger partial charge in [0.25, 0.3) is 5.91 Å². The molecule has 1 aromatic rings. The molecule has 1 saturated heterocycles. The number of carbonyl (C=O) groups excluding carboxylic acids is 1. The van der Waals surface area contributed by atoms with Crippen LogP contribution >= 0.6 is 31.9 Å². The number of benzene rings is 1. The van der Waals surface area contributed by atoms with E-state index in [2.05, 4.69) is 31.9 Å². The van der Waals surface area contributed by atoms with E-state index in [1.807, 2.05) is 12.1 Å². The quantitative estimate of drug-likeness (QED) is 0.806. The number of ether oxygens (including phenoxy) is 1. The summed E-state index contributed by atoms with van der Waals surface area (Å²) in [6.45, 7) is 0.162. The first-order valence-corrected chi connectivity index (χ1v) is 7.27. The smallest absolute Gasteiger partial charge is 0.260 e. The number of hydrogen-bond acceptors (Lipinski definition) is 4. The number of rotatable bonds is 3. The number of hydrogen-bond donors (Lipinski definition) is 2. The van der Waals surface area contributed by atoms with E-state index >= 15 is 0 Å². The molecule has 0 aromatic heterocycles. The topological polar surface area (TPSA) is 70.0 Å². The molecule has 0 spiro atoms. The van der Waals surface area contributed by atoms with E-state index in [0.29, 0.717) is 5.75 Å². The lowest BCUT2D eigenvalue weighted by Crippen LogP contribution is -2.34. The van der Waals surface area contributed by atoms with E-state index in [0.717, 1.165) is 8.95 Å². The molecule has 2 unspecified atom stereocenters. The molecule has 5 nitrogen and oxygen atoms in total. The highest BCUT2D eigenvalue weighted by atomic mass is 79.9. The van der Waals surface area contributed by atoms with Gasteiger partial charge in [0.1, 0.15) is 5.75 Å². The first-order valence-electron chi connectivity index (χ1n) is 5.69. The second-order valence-corrected chi connectivity index (χ2v) is 6.07. The highest BCUT2D eigenvalue weighted by molar-refractivity contribution is 9.11. The van der Waals surface area contributed by atoms with E-state index < -0.39 is 12.2 Å². The summed E-state index contributed by atoms with van der Waals surface area (Å²) in [5.41, 5.74) is 0. The summed E-state index contributed by atoms with van der Waals surface area (Å²) in [6, 6.07) is 5.38. The molecular weight excluding hydrogens is 382 g/mol. The molecule has 7 heteroatoms. The number of β-amino-alcohol motifs (C(OH)–C–C–N with tert-alkyl or cyclic N) is 2. The van der Waals surface area contributed by atoms with Crippen LogP contribution in [0.4, 0.5) is 0 Å². The van der Waals surface area contributed by atoms with Gasteiger partial charge >= 0.3 is 0 Å². The van der Waals surface area contributed by atoms with Crippen molar-refractivity contribution in [2.45, 2.75) is 12.2 Å². The van der Waals surface area contributed by atoms with Gasteiger partial charge in [-0.2, -0.15) is 0 Å². The zero-order valence-electron chi connectivity index (χ0n) is 9.92. The molecule has 104 valence electrons. The van der Waals surface area contributed by atoms with Crippen LogP contribution in [-0.2, 0) is 4.79 Å². The van der Waals surface area contributed by atoms with Crippen molar-refractivity contribution in [1.82, 2.24) is 4.90 Å². The average molecular weight is 395 g/mol. The fourth-order valence-corrected chi connectivity index (χ4v) is 2.96. The summed E-state index contributed by atoms with van der Waals surface area (Å²) < 4.78 is 7.07. The minimum atomic E-state index is -0.872. The third-order valence-corrected chi connectivity index (χ3v) is 3.97. The Kier molecular flexibility index (Phi) is 4.83. The molecule has 0 aliphatic carbocycles. The van der Waals surface area contributed by atoms with E-state index in [-0.39, 0.29) is 25.6 Å². The van der Waals surface area contributed by atoms with Gasteiger partial charge in [0.15, 0.2) is 6.61 Å². The Labute approximate surface area is 127 Å². The number of halogens is 2. The second kappa shape index (κ2) is 6.21. The number of carbonyl (C=O) groups is 1. The fourth-order valence-electron chi connectivity index (χ4n) is 1.80. The van der Waals surface area contributed by atoms with Crippen molar-refractivity contribution in [3.8, 4) is 5.75 Å². The van der Waals surface area contributed by atoms with Gasteiger partial charge in [-0.3, -0.25) is 4.79 Å². The highest BCUT2D eigenvalue weighted by Crippen LogP contribution is 2.28. The number of nitrogens with zero attached hydrogens (tertiary/aromatic N) is 1. The maximum absolute atomic E-state index is 11.8. The van der Waals surface area contributed by atoms with Gasteiger partial charge in [0, 0.05) is 17.6 Å². The standard InChI is InChI=1S/C12H13Br2NO4/c13-7-1-2-11(8(14)3-7)19-6-12(18)15-4-9(16)10(17)5-15/h1-3,9-10,16-17H,4-6H2. The number of amides is 1. The third-order valence-electron chi connectivity index (χ3n) is 2.86. The molecule has 2 rings (SSSR count). The normalized spacial score (nSPS) is 22.6. The van der Waals surface area contributed by atoms with E-state index in [1.54, 1.807) is 6.07 Å². The van der Waals surface area contributed by atoms with Crippen LogP contribution in [0.2, 0.25) is 0 Å². The fraction of sp³-hybridized carbons (Fsp3) is 0.417. The van der Waals surface area contributed by atoms with Gasteiger partial charge in [-0.25, -0.2) is 0 Å². The summed E-state index contributed by atoms with van der Waals surface area (Å²) >= 11 is 6.67. The molecule has 1 aliphatic rings. The first-order chi connectivity index (χ1) is 8.97. The number of likely N-dealkylation sites (tertiary alicyclic amines) is 1. The summed E-state index contributed by atoms with van der Waals surface area (Å²) in [5.74, 6) is 0.308. The minimum Gasteiger partial charge on any atom is -0.483 e. The maximum Gasteiger partial charge on any atom is 0.260 e. The summed E-state index contributed by atoms with van der Waals surface area (Å²) in [6.07, 6.45) is -1.74. The Morgan fingerprint density at radius 2 is 1.95 bits per heavy atom. The van der Waals surface area contributed by atoms with Crippen molar-refractivity contribution in [3.05, 3.63) is 27.1 Å². The monoisotopic (exact) mass is 393 g/mol. The van der Waals surface area contributed by atoms with Gasteiger partial charge in [0.2, 0.25) is 0 Å². The van der Waals surface area contributed by atoms with Gasteiger partial charge in [-0.15, -0.1) is 0 Å². The molecule has 0 saturated carbocycles. The van der Waals surface area contributed by atoms with Crippen LogP contribution in [0.3, 0.4) is 0 Å². The summed E-state index contributed by atoms with van der Waals surface area (Å²) in [7, 11) is 0. The largest absolute Gasteiger partial charge is 0.483 e. The molecule has 1 aromatic carbocycles. The lowest BCUT2D eigenvalue weighted by Gasteiger charge is -2.16. The van der Waals surface area contributed by atoms with Crippen LogP contribution in [0.15, 0.2) is 27.1 Å². The van der Waals surface area contributed by atoms with Gasteiger partial charge in [-0.1, -0.05) is 15.9 Å². The van der Waals surface area contributed by atoms with Crippen molar-refractivity contribution in [2.75, 3.05) is 19.7 Å². The Balaban J connectivity index is 1.90. The number of aliphatic hydroxyl groups is 2. The van der Waals surface area contributed by atoms with Crippen LogP contribution in [0, 0.1) is 0 Å². The Morgan fingerprint density at radius 3 is 2.53 bits per heavy atom. The van der Waals surface area contributed by atoms with Crippen LogP contribution in [-0.4, -0.2) is 52.9 Å². The molecule has 0 radical (unpaired) electrons. The Bertz CT molecular complexity index is 473. The van der Waals surface area contributed by atoms with Crippen molar-refractivity contribution < 1.29 is 19.7 Å². The van der Waals surface area contributed by atoms with E-state index in [4.69, 9.17) is 4.74 Å². The first kappa shape index (κ1) is 14.8. The van der Waals surface area contributed by atoms with Crippen LogP contribution in [0.1, 0.15) is 0 Å². The molecule has 2 N–H and O–H groups in total. The SMILES string of the molecule is O=C(COc1ccc(Br)cc1Br)N1CC(O)C(O)C1. The van der Waals surface area contributed by atoms with Crippen molar-refractivity contribution >= 4 is 37.8 Å². The molecule has 1 amide bonds. The predicted molar refractivity (Wildman–Crippen MR) is 75.9 cm³/mol. The summed E-state index contributed by atoms with van der Waals surface area (Å²) in [4.78, 5) is 13.2. The van der Waals surface area contributed by atoms with Crippen molar-refractivity contribution in [1.29, 1.82) is 0 Å². The maximum atomic E-state index is 11.8. The van der Waals surface area contributed by atoms with Gasteiger partial charge in [-0.05, 0) is 34.1 Å². The van der Waals surface area contributed by atoms with E-state index in [1.165, 1.54) is 4.90 Å². The molecule has 19 heavy (non-hydrogen) atoms.